The number of aliphatic carboxylic acids is 1. The van der Waals surface area contributed by atoms with Crippen molar-refractivity contribution in [3.05, 3.63) is 121 Å². The van der Waals surface area contributed by atoms with Gasteiger partial charge in [0.25, 0.3) is 0 Å². The molecule has 0 saturated heterocycles. The molecule has 0 rings (SSSR count). The quantitative estimate of drug-likeness (QED) is 0.0211. The predicted octanol–water partition coefficient (Wildman–Crippen LogP) is 7.65. The number of hydrogen-bond donors (Lipinski definition) is 5. The Morgan fingerprint density at radius 3 is 1.80 bits per heavy atom. The third-order valence-electron chi connectivity index (χ3n) is 7.88. The van der Waals surface area contributed by atoms with E-state index in [1.807, 2.05) is 94.5 Å². The van der Waals surface area contributed by atoms with Crippen molar-refractivity contribution in [2.24, 2.45) is 23.7 Å². The smallest absolute Gasteiger partial charge is 0.397 e. The topological polar surface area (TPSA) is 153 Å². The van der Waals surface area contributed by atoms with E-state index < -0.39 is 34.7 Å². The van der Waals surface area contributed by atoms with Gasteiger partial charge in [0.1, 0.15) is 0 Å². The molecule has 0 aromatic rings. The monoisotopic (exact) mass is 715 g/mol. The molecule has 7 atom stereocenters. The van der Waals surface area contributed by atoms with E-state index in [0.29, 0.717) is 12.3 Å². The molecular weight excluding hydrogens is 655 g/mol. The number of nitrogens with one attached hydrogen (secondary N) is 1. The second-order valence-electron chi connectivity index (χ2n) is 12.8. The van der Waals surface area contributed by atoms with E-state index in [4.69, 9.17) is 9.29 Å². The Labute approximate surface area is 301 Å². The SMILES string of the molecule is C\C(=C/C=C/C=C/CC/C=C/C(C)C(O)C(C)C(O)/C=C/C=C/C=C/C=C/C=C/C=C/CC(OS(=O)(=O)O)C(C)C(C)NCC(C)C)C(=O)O. The van der Waals surface area contributed by atoms with Gasteiger partial charge in [-0.05, 0) is 51.5 Å². The van der Waals surface area contributed by atoms with Crippen LogP contribution in [-0.4, -0.2) is 65.2 Å². The Bertz CT molecular complexity index is 1370. The van der Waals surface area contributed by atoms with Gasteiger partial charge >= 0.3 is 16.4 Å². The van der Waals surface area contributed by atoms with E-state index in [1.165, 1.54) is 6.92 Å². The maximum atomic E-state index is 11.4. The van der Waals surface area contributed by atoms with Crippen molar-refractivity contribution >= 4 is 16.4 Å². The third-order valence-corrected chi connectivity index (χ3v) is 8.37. The van der Waals surface area contributed by atoms with Gasteiger partial charge in [-0.2, -0.15) is 8.42 Å². The van der Waals surface area contributed by atoms with Crippen molar-refractivity contribution in [1.29, 1.82) is 0 Å². The van der Waals surface area contributed by atoms with Gasteiger partial charge in [0.05, 0.1) is 18.3 Å². The molecule has 9 nitrogen and oxygen atoms in total. The van der Waals surface area contributed by atoms with Crippen LogP contribution in [0.1, 0.15) is 67.7 Å². The maximum absolute atomic E-state index is 11.4. The third kappa shape index (κ3) is 24.7. The number of hydrogen-bond acceptors (Lipinski definition) is 7. The van der Waals surface area contributed by atoms with Gasteiger partial charge in [0, 0.05) is 23.5 Å². The number of unbranched alkanes of at least 4 members (excludes halogenated alkanes) is 1. The first kappa shape index (κ1) is 46.6. The summed E-state index contributed by atoms with van der Waals surface area (Å²) in [6.07, 6.45) is 34.2. The summed E-state index contributed by atoms with van der Waals surface area (Å²) in [5.74, 6) is -1.12. The Hall–Kier alpha value is -3.38. The van der Waals surface area contributed by atoms with Crippen LogP contribution < -0.4 is 5.32 Å². The number of aliphatic hydroxyl groups excluding tert-OH is 2. The van der Waals surface area contributed by atoms with Crippen molar-refractivity contribution in [2.45, 2.75) is 92.1 Å². The summed E-state index contributed by atoms with van der Waals surface area (Å²) in [7, 11) is -4.57. The maximum Gasteiger partial charge on any atom is 0.397 e. The molecule has 50 heavy (non-hydrogen) atoms. The zero-order valence-corrected chi connectivity index (χ0v) is 31.6. The van der Waals surface area contributed by atoms with E-state index in [1.54, 1.807) is 48.6 Å². The van der Waals surface area contributed by atoms with Gasteiger partial charge in [-0.25, -0.2) is 8.98 Å². The van der Waals surface area contributed by atoms with Gasteiger partial charge in [0.2, 0.25) is 0 Å². The summed E-state index contributed by atoms with van der Waals surface area (Å²) < 4.78 is 36.9. The van der Waals surface area contributed by atoms with Crippen LogP contribution in [0, 0.1) is 23.7 Å². The van der Waals surface area contributed by atoms with E-state index in [0.717, 1.165) is 19.4 Å². The lowest BCUT2D eigenvalue weighted by atomic mass is 9.88. The molecule has 5 N–H and O–H groups in total. The number of allylic oxidation sites excluding steroid dienone is 16. The average Bonchev–Trinajstić information content (AvgIpc) is 3.05. The van der Waals surface area contributed by atoms with Gasteiger partial charge in [-0.1, -0.05) is 150 Å². The molecule has 0 spiro atoms. The van der Waals surface area contributed by atoms with Crippen molar-refractivity contribution in [3.63, 3.8) is 0 Å². The molecule has 0 radical (unpaired) electrons. The highest BCUT2D eigenvalue weighted by Gasteiger charge is 2.27. The molecule has 280 valence electrons. The minimum atomic E-state index is -4.57. The summed E-state index contributed by atoms with van der Waals surface area (Å²) in [6.45, 7) is 14.1. The van der Waals surface area contributed by atoms with Crippen LogP contribution in [0.2, 0.25) is 0 Å². The average molecular weight is 716 g/mol. The fourth-order valence-corrected chi connectivity index (χ4v) is 4.96. The normalized spacial score (nSPS) is 18.4. The Kier molecular flexibility index (Phi) is 25.5. The van der Waals surface area contributed by atoms with E-state index in [2.05, 4.69) is 19.2 Å². The lowest BCUT2D eigenvalue weighted by molar-refractivity contribution is -0.132. The van der Waals surface area contributed by atoms with Crippen molar-refractivity contribution in [3.8, 4) is 0 Å². The molecule has 0 heterocycles. The molecule has 0 aliphatic rings. The number of carboxylic acids is 1. The van der Waals surface area contributed by atoms with Crippen LogP contribution in [0.3, 0.4) is 0 Å². The molecule has 0 fully saturated rings. The number of carbonyl (C=O) groups is 1. The van der Waals surface area contributed by atoms with E-state index >= 15 is 0 Å². The summed E-state index contributed by atoms with van der Waals surface area (Å²) >= 11 is 0. The van der Waals surface area contributed by atoms with Gasteiger partial charge in [-0.3, -0.25) is 4.55 Å². The molecule has 0 amide bonds. The minimum Gasteiger partial charge on any atom is -0.478 e. The number of rotatable bonds is 25. The molecule has 0 saturated carbocycles. The highest BCUT2D eigenvalue weighted by molar-refractivity contribution is 7.80. The fourth-order valence-electron chi connectivity index (χ4n) is 4.39. The Morgan fingerprint density at radius 2 is 1.24 bits per heavy atom. The summed E-state index contributed by atoms with van der Waals surface area (Å²) in [6, 6.07) is -0.000728. The number of aliphatic hydroxyl groups is 2. The molecule has 0 aromatic heterocycles. The molecule has 0 bridgehead atoms. The predicted molar refractivity (Wildman–Crippen MR) is 206 cm³/mol. The van der Waals surface area contributed by atoms with E-state index in [-0.39, 0.29) is 29.4 Å². The second-order valence-corrected chi connectivity index (χ2v) is 13.8. The van der Waals surface area contributed by atoms with Crippen LogP contribution in [0.15, 0.2) is 121 Å². The lowest BCUT2D eigenvalue weighted by Crippen LogP contribution is -2.41. The summed E-state index contributed by atoms with van der Waals surface area (Å²) in [4.78, 5) is 10.7. The van der Waals surface area contributed by atoms with E-state index in [9.17, 15) is 28.0 Å². The zero-order valence-electron chi connectivity index (χ0n) is 30.7. The van der Waals surface area contributed by atoms with Crippen molar-refractivity contribution < 1.29 is 37.3 Å². The molecule has 10 heteroatoms. The second kappa shape index (κ2) is 27.4. The first-order chi connectivity index (χ1) is 23.6. The zero-order chi connectivity index (χ0) is 38.0. The van der Waals surface area contributed by atoms with Gasteiger partial charge in [0.15, 0.2) is 0 Å². The van der Waals surface area contributed by atoms with Crippen LogP contribution in [0.25, 0.3) is 0 Å². The largest absolute Gasteiger partial charge is 0.478 e. The number of carboxylic acid groups (broad SMARTS) is 1. The van der Waals surface area contributed by atoms with Crippen molar-refractivity contribution in [1.82, 2.24) is 5.32 Å². The standard InChI is InChI=1S/C40H61NO8S/c1-31(2)30-41-36(7)34(5)38(49-50(46,47)48)29-25-21-17-12-10-8-9-11-16-20-24-28-37(42)35(6)39(43)32(3)26-22-18-14-13-15-19-23-27-33(4)40(44)45/h8-13,15-17,19-28,31-32,34-39,41-43H,14,18,29-30H2,1-7H3,(H,44,45)(H,46,47,48)/b10-8+,11-9+,15-13+,17-12+,20-16+,23-19+,25-21+,26-22+,28-24+,33-27+. The Morgan fingerprint density at radius 1 is 0.720 bits per heavy atom. The summed E-state index contributed by atoms with van der Waals surface area (Å²) in [5.41, 5.74) is 0.276. The fraction of sp³-hybridized carbons (Fsp3) is 0.475. The Balaban J connectivity index is 4.64. The van der Waals surface area contributed by atoms with Crippen LogP contribution in [0.4, 0.5) is 0 Å². The highest BCUT2D eigenvalue weighted by Crippen LogP contribution is 2.20. The molecular formula is C40H61NO8S. The molecule has 7 unspecified atom stereocenters. The first-order valence-electron chi connectivity index (χ1n) is 17.2. The van der Waals surface area contributed by atoms with Crippen LogP contribution >= 0.6 is 0 Å². The van der Waals surface area contributed by atoms with Crippen molar-refractivity contribution in [2.75, 3.05) is 6.54 Å². The molecule has 0 aliphatic carbocycles. The van der Waals surface area contributed by atoms with Gasteiger partial charge in [-0.15, -0.1) is 0 Å². The summed E-state index contributed by atoms with van der Waals surface area (Å²) in [5, 5.41) is 33.4. The molecule has 0 aromatic carbocycles. The highest BCUT2D eigenvalue weighted by atomic mass is 32.3. The lowest BCUT2D eigenvalue weighted by Gasteiger charge is -2.28. The van der Waals surface area contributed by atoms with Crippen LogP contribution in [0.5, 0.6) is 0 Å². The molecule has 0 aliphatic heterocycles. The first-order valence-corrected chi connectivity index (χ1v) is 18.6. The minimum absolute atomic E-state index is 0.000728. The van der Waals surface area contributed by atoms with Crippen LogP contribution in [-0.2, 0) is 19.4 Å². The van der Waals surface area contributed by atoms with Gasteiger partial charge < -0.3 is 20.6 Å².